The molecule has 2 heterocycles. The molecule has 0 radical (unpaired) electrons. The molecular formula is C17H15N5O6. The number of nitrogens with zero attached hydrogens (tertiary/aromatic N) is 2. The summed E-state index contributed by atoms with van der Waals surface area (Å²) in [6, 6.07) is 6.25. The van der Waals surface area contributed by atoms with E-state index in [4.69, 9.17) is 4.74 Å². The highest BCUT2D eigenvalue weighted by atomic mass is 16.5. The smallest absolute Gasteiger partial charge is 0.335 e. The Bertz CT molecular complexity index is 1260. The van der Waals surface area contributed by atoms with E-state index in [-0.39, 0.29) is 16.9 Å². The maximum atomic E-state index is 12.2. The first-order valence-electron chi connectivity index (χ1n) is 8.08. The molecule has 0 bridgehead atoms. The summed E-state index contributed by atoms with van der Waals surface area (Å²) in [5.41, 5.74) is -3.51. The predicted octanol–water partition coefficient (Wildman–Crippen LogP) is -0.243. The van der Waals surface area contributed by atoms with Crippen LogP contribution in [0.1, 0.15) is 12.5 Å². The van der Waals surface area contributed by atoms with Crippen molar-refractivity contribution in [2.45, 2.75) is 6.92 Å². The number of nitrogens with one attached hydrogen (secondary N) is 3. The third-order valence-corrected chi connectivity index (χ3v) is 3.66. The summed E-state index contributed by atoms with van der Waals surface area (Å²) in [7, 11) is 0. The molecule has 0 atom stereocenters. The van der Waals surface area contributed by atoms with E-state index in [1.807, 2.05) is 11.9 Å². The van der Waals surface area contributed by atoms with E-state index >= 15 is 0 Å². The van der Waals surface area contributed by atoms with Gasteiger partial charge < -0.3 is 14.8 Å². The second-order valence-corrected chi connectivity index (χ2v) is 5.47. The molecule has 0 fully saturated rings. The number of aromatic hydroxyl groups is 1. The fourth-order valence-electron chi connectivity index (χ4n) is 2.39. The second kappa shape index (κ2) is 7.61. The van der Waals surface area contributed by atoms with Gasteiger partial charge in [-0.05, 0) is 31.2 Å². The molecule has 0 spiro atoms. The summed E-state index contributed by atoms with van der Waals surface area (Å²) in [4.78, 5) is 57.0. The Morgan fingerprint density at radius 2 is 1.82 bits per heavy atom. The van der Waals surface area contributed by atoms with Gasteiger partial charge >= 0.3 is 11.4 Å². The largest absolute Gasteiger partial charge is 0.494 e. The van der Waals surface area contributed by atoms with Gasteiger partial charge in [0.05, 0.1) is 12.3 Å². The number of ether oxygens (including phenoxy) is 1. The summed E-state index contributed by atoms with van der Waals surface area (Å²) >= 11 is 0. The molecule has 1 aromatic carbocycles. The van der Waals surface area contributed by atoms with Crippen LogP contribution in [0.3, 0.4) is 0 Å². The van der Waals surface area contributed by atoms with E-state index in [9.17, 15) is 24.3 Å². The monoisotopic (exact) mass is 385 g/mol. The molecule has 2 aromatic heterocycles. The van der Waals surface area contributed by atoms with Gasteiger partial charge in [-0.15, -0.1) is 0 Å². The van der Waals surface area contributed by atoms with E-state index < -0.39 is 28.4 Å². The maximum Gasteiger partial charge on any atom is 0.335 e. The van der Waals surface area contributed by atoms with Gasteiger partial charge in [0.2, 0.25) is 5.88 Å². The van der Waals surface area contributed by atoms with Crippen LogP contribution in [0.4, 0.5) is 5.69 Å². The number of aromatic nitrogens is 4. The molecule has 11 nitrogen and oxygen atoms in total. The van der Waals surface area contributed by atoms with Crippen LogP contribution in [0, 0.1) is 0 Å². The summed E-state index contributed by atoms with van der Waals surface area (Å²) in [6.07, 6.45) is 1.97. The number of hydrogen-bond acceptors (Lipinski definition) is 7. The van der Waals surface area contributed by atoms with Gasteiger partial charge in [0.15, 0.2) is 0 Å². The third kappa shape index (κ3) is 3.67. The highest BCUT2D eigenvalue weighted by molar-refractivity contribution is 5.84. The summed E-state index contributed by atoms with van der Waals surface area (Å²) < 4.78 is 6.19. The molecule has 0 aliphatic rings. The highest BCUT2D eigenvalue weighted by Crippen LogP contribution is 2.19. The molecule has 4 N–H and O–H groups in total. The van der Waals surface area contributed by atoms with Crippen molar-refractivity contribution in [3.63, 3.8) is 0 Å². The number of benzene rings is 1. The van der Waals surface area contributed by atoms with Crippen molar-refractivity contribution in [1.29, 1.82) is 0 Å². The average molecular weight is 385 g/mol. The fraction of sp³-hybridized carbons (Fsp3) is 0.118. The van der Waals surface area contributed by atoms with Crippen LogP contribution < -0.4 is 27.2 Å². The number of hydrogen-bond donors (Lipinski definition) is 4. The zero-order chi connectivity index (χ0) is 20.3. The van der Waals surface area contributed by atoms with Crippen LogP contribution in [-0.2, 0) is 0 Å². The van der Waals surface area contributed by atoms with E-state index in [2.05, 4.69) is 15.0 Å². The van der Waals surface area contributed by atoms with Crippen molar-refractivity contribution >= 4 is 11.9 Å². The molecule has 0 aliphatic heterocycles. The van der Waals surface area contributed by atoms with Gasteiger partial charge in [-0.2, -0.15) is 0 Å². The Morgan fingerprint density at radius 3 is 2.46 bits per heavy atom. The normalized spacial score (nSPS) is 11.0. The van der Waals surface area contributed by atoms with Crippen molar-refractivity contribution in [3.05, 3.63) is 77.7 Å². The molecule has 0 unspecified atom stereocenters. The third-order valence-electron chi connectivity index (χ3n) is 3.66. The van der Waals surface area contributed by atoms with Gasteiger partial charge in [-0.1, -0.05) is 0 Å². The quantitative estimate of drug-likeness (QED) is 0.443. The molecule has 11 heteroatoms. The Kier molecular flexibility index (Phi) is 5.07. The standard InChI is InChI=1S/C17H15N5O6/c1-2-28-10-5-3-9(4-6-10)22-15(25)11(13(23)21-17(22)27)7-18-12-8-19-16(26)20-14(12)24/h3-8,25H,2H2,1H3,(H,21,23,27)(H2,19,20,24,26). The lowest BCUT2D eigenvalue weighted by molar-refractivity contribution is 0.340. The van der Waals surface area contributed by atoms with Gasteiger partial charge in [0.1, 0.15) is 17.0 Å². The van der Waals surface area contributed by atoms with Crippen molar-refractivity contribution < 1.29 is 9.84 Å². The lowest BCUT2D eigenvalue weighted by Gasteiger charge is -2.10. The van der Waals surface area contributed by atoms with Crippen molar-refractivity contribution in [3.8, 4) is 17.3 Å². The molecule has 0 saturated heterocycles. The number of rotatable bonds is 5. The summed E-state index contributed by atoms with van der Waals surface area (Å²) in [5, 5.41) is 10.4. The fourth-order valence-corrected chi connectivity index (χ4v) is 2.39. The summed E-state index contributed by atoms with van der Waals surface area (Å²) in [5.74, 6) is -0.0928. The van der Waals surface area contributed by atoms with Gasteiger partial charge in [-0.25, -0.2) is 19.1 Å². The summed E-state index contributed by atoms with van der Waals surface area (Å²) in [6.45, 7) is 2.29. The average Bonchev–Trinajstić information content (AvgIpc) is 2.64. The van der Waals surface area contributed by atoms with Crippen molar-refractivity contribution in [2.75, 3.05) is 6.61 Å². The minimum Gasteiger partial charge on any atom is -0.494 e. The first kappa shape index (κ1) is 18.6. The second-order valence-electron chi connectivity index (χ2n) is 5.47. The van der Waals surface area contributed by atoms with Crippen LogP contribution in [0.15, 0.2) is 54.6 Å². The minimum atomic E-state index is -0.894. The molecule has 144 valence electrons. The zero-order valence-corrected chi connectivity index (χ0v) is 14.6. The van der Waals surface area contributed by atoms with Crippen LogP contribution in [0.2, 0.25) is 0 Å². The van der Waals surface area contributed by atoms with Gasteiger partial charge in [0.25, 0.3) is 11.1 Å². The SMILES string of the molecule is CCOc1ccc(-n2c(O)c(C=Nc3c[nH]c(=O)[nH]c3=O)c(=O)[nH]c2=O)cc1. The number of H-pyrrole nitrogens is 3. The maximum absolute atomic E-state index is 12.2. The van der Waals surface area contributed by atoms with Crippen molar-refractivity contribution in [2.24, 2.45) is 4.99 Å². The first-order valence-corrected chi connectivity index (χ1v) is 8.08. The molecule has 0 saturated carbocycles. The molecule has 0 aliphatic carbocycles. The Hall–Kier alpha value is -4.15. The lowest BCUT2D eigenvalue weighted by atomic mass is 10.2. The Balaban J connectivity index is 2.08. The van der Waals surface area contributed by atoms with Crippen LogP contribution >= 0.6 is 0 Å². The number of aromatic amines is 3. The zero-order valence-electron chi connectivity index (χ0n) is 14.6. The van der Waals surface area contributed by atoms with Crippen LogP contribution in [0.25, 0.3) is 5.69 Å². The van der Waals surface area contributed by atoms with Gasteiger partial charge in [-0.3, -0.25) is 19.6 Å². The molecule has 0 amide bonds. The topological polar surface area (TPSA) is 162 Å². The Morgan fingerprint density at radius 1 is 1.11 bits per heavy atom. The molecule has 28 heavy (non-hydrogen) atoms. The minimum absolute atomic E-state index is 0.197. The highest BCUT2D eigenvalue weighted by Gasteiger charge is 2.14. The molecular weight excluding hydrogens is 370 g/mol. The lowest BCUT2D eigenvalue weighted by Crippen LogP contribution is -2.31. The van der Waals surface area contributed by atoms with E-state index in [0.717, 1.165) is 17.0 Å². The first-order chi connectivity index (χ1) is 13.4. The van der Waals surface area contributed by atoms with E-state index in [0.29, 0.717) is 12.4 Å². The van der Waals surface area contributed by atoms with Crippen molar-refractivity contribution in [1.82, 2.24) is 19.5 Å². The van der Waals surface area contributed by atoms with Gasteiger partial charge in [0, 0.05) is 12.4 Å². The van der Waals surface area contributed by atoms with E-state index in [1.165, 1.54) is 12.1 Å². The Labute approximate surface area is 155 Å². The molecule has 3 rings (SSSR count). The predicted molar refractivity (Wildman–Crippen MR) is 100 cm³/mol. The van der Waals surface area contributed by atoms with Crippen LogP contribution in [0.5, 0.6) is 11.6 Å². The molecule has 3 aromatic rings. The number of aliphatic imine (C=N–C) groups is 1. The van der Waals surface area contributed by atoms with Crippen LogP contribution in [-0.4, -0.2) is 37.4 Å². The van der Waals surface area contributed by atoms with E-state index in [1.54, 1.807) is 12.1 Å².